The lowest BCUT2D eigenvalue weighted by molar-refractivity contribution is -0.106. The molecular weight excluding hydrogens is 279 g/mol. The number of anilines is 1. The Kier molecular flexibility index (Phi) is 7.23. The molecule has 0 aliphatic carbocycles. The van der Waals surface area contributed by atoms with E-state index in [2.05, 4.69) is 29.1 Å². The van der Waals surface area contributed by atoms with Gasteiger partial charge in [-0.2, -0.15) is 0 Å². The van der Waals surface area contributed by atoms with Gasteiger partial charge >= 0.3 is 0 Å². The SMILES string of the molecule is CC.CC=O.CN1CCc2cc(-c3cncc(F)c3)ccc21. The van der Waals surface area contributed by atoms with Crippen molar-refractivity contribution in [3.8, 4) is 11.1 Å². The number of halogens is 1. The lowest BCUT2D eigenvalue weighted by atomic mass is 10.0. The number of nitrogens with zero attached hydrogens (tertiary/aromatic N) is 2. The van der Waals surface area contributed by atoms with Gasteiger partial charge in [0.15, 0.2) is 0 Å². The highest BCUT2D eigenvalue weighted by molar-refractivity contribution is 5.69. The molecule has 3 rings (SSSR count). The third kappa shape index (κ3) is 4.38. The lowest BCUT2D eigenvalue weighted by Gasteiger charge is -2.12. The molecule has 0 unspecified atom stereocenters. The van der Waals surface area contributed by atoms with Crippen LogP contribution in [0.5, 0.6) is 0 Å². The summed E-state index contributed by atoms with van der Waals surface area (Å²) >= 11 is 0. The fraction of sp³-hybridized carbons (Fsp3) is 0.333. The van der Waals surface area contributed by atoms with Crippen LogP contribution in [0.2, 0.25) is 0 Å². The summed E-state index contributed by atoms with van der Waals surface area (Å²) in [4.78, 5) is 14.9. The van der Waals surface area contributed by atoms with Crippen molar-refractivity contribution < 1.29 is 9.18 Å². The molecule has 1 aromatic carbocycles. The summed E-state index contributed by atoms with van der Waals surface area (Å²) in [5.41, 5.74) is 4.47. The zero-order chi connectivity index (χ0) is 16.5. The number of likely N-dealkylation sites (N-methyl/N-ethyl adjacent to an activating group) is 1. The van der Waals surface area contributed by atoms with Crippen LogP contribution in [0, 0.1) is 5.82 Å². The number of fused-ring (bicyclic) bond motifs is 1. The molecule has 0 bridgehead atoms. The fourth-order valence-electron chi connectivity index (χ4n) is 2.32. The first-order valence-electron chi connectivity index (χ1n) is 7.50. The van der Waals surface area contributed by atoms with Gasteiger partial charge in [-0.1, -0.05) is 19.9 Å². The van der Waals surface area contributed by atoms with Crippen LogP contribution >= 0.6 is 0 Å². The molecule has 1 aliphatic rings. The number of aldehydes is 1. The minimum Gasteiger partial charge on any atom is -0.374 e. The van der Waals surface area contributed by atoms with Crippen molar-refractivity contribution in [1.29, 1.82) is 0 Å². The third-order valence-corrected chi connectivity index (χ3v) is 3.25. The number of hydrogen-bond acceptors (Lipinski definition) is 3. The van der Waals surface area contributed by atoms with Crippen molar-refractivity contribution in [2.24, 2.45) is 0 Å². The maximum absolute atomic E-state index is 13.1. The zero-order valence-electron chi connectivity index (χ0n) is 13.6. The quantitative estimate of drug-likeness (QED) is 0.743. The zero-order valence-corrected chi connectivity index (χ0v) is 13.6. The van der Waals surface area contributed by atoms with E-state index in [4.69, 9.17) is 4.79 Å². The van der Waals surface area contributed by atoms with Gasteiger partial charge in [0.05, 0.1) is 6.20 Å². The second-order valence-corrected chi connectivity index (χ2v) is 4.64. The monoisotopic (exact) mass is 302 g/mol. The standard InChI is InChI=1S/C14H13FN2.C2H4O.C2H6/c1-17-5-4-11-6-10(2-3-14(11)17)12-7-13(15)9-16-8-12;1-2-3;1-2/h2-3,6-9H,4-5H2,1H3;2H,1H3;1-2H3. The van der Waals surface area contributed by atoms with E-state index < -0.39 is 0 Å². The molecular formula is C18H23FN2O. The van der Waals surface area contributed by atoms with Crippen LogP contribution in [0.4, 0.5) is 10.1 Å². The van der Waals surface area contributed by atoms with Gasteiger partial charge in [0.1, 0.15) is 12.1 Å². The van der Waals surface area contributed by atoms with Crippen molar-refractivity contribution in [2.75, 3.05) is 18.5 Å². The minimum absolute atomic E-state index is 0.292. The normalized spacial score (nSPS) is 11.6. The van der Waals surface area contributed by atoms with Crippen molar-refractivity contribution in [3.63, 3.8) is 0 Å². The number of aromatic nitrogens is 1. The third-order valence-electron chi connectivity index (χ3n) is 3.25. The van der Waals surface area contributed by atoms with Crippen LogP contribution in [0.3, 0.4) is 0 Å². The Morgan fingerprint density at radius 3 is 2.50 bits per heavy atom. The summed E-state index contributed by atoms with van der Waals surface area (Å²) in [6, 6.07) is 7.78. The van der Waals surface area contributed by atoms with Crippen LogP contribution in [0.1, 0.15) is 26.3 Å². The molecule has 3 nitrogen and oxygen atoms in total. The van der Waals surface area contributed by atoms with Crippen molar-refractivity contribution >= 4 is 12.0 Å². The van der Waals surface area contributed by atoms with Crippen LogP contribution in [0.25, 0.3) is 11.1 Å². The van der Waals surface area contributed by atoms with Crippen LogP contribution in [-0.4, -0.2) is 24.9 Å². The molecule has 0 N–H and O–H groups in total. The second kappa shape index (κ2) is 8.93. The molecule has 0 spiro atoms. The molecule has 1 aromatic heterocycles. The molecule has 22 heavy (non-hydrogen) atoms. The molecule has 0 amide bonds. The van der Waals surface area contributed by atoms with E-state index in [-0.39, 0.29) is 5.82 Å². The average molecular weight is 302 g/mol. The largest absolute Gasteiger partial charge is 0.374 e. The van der Waals surface area contributed by atoms with Gasteiger partial charge in [-0.3, -0.25) is 4.98 Å². The van der Waals surface area contributed by atoms with Gasteiger partial charge in [0.25, 0.3) is 0 Å². The summed E-state index contributed by atoms with van der Waals surface area (Å²) in [5.74, 6) is -0.292. The van der Waals surface area contributed by atoms with E-state index in [9.17, 15) is 4.39 Å². The minimum atomic E-state index is -0.292. The highest BCUT2D eigenvalue weighted by Gasteiger charge is 2.15. The van der Waals surface area contributed by atoms with E-state index in [1.54, 1.807) is 6.20 Å². The summed E-state index contributed by atoms with van der Waals surface area (Å²) in [5, 5.41) is 0. The summed E-state index contributed by atoms with van der Waals surface area (Å²) < 4.78 is 13.1. The van der Waals surface area contributed by atoms with E-state index in [1.807, 2.05) is 19.9 Å². The Balaban J connectivity index is 0.000000435. The second-order valence-electron chi connectivity index (χ2n) is 4.64. The van der Waals surface area contributed by atoms with Gasteiger partial charge in [-0.05, 0) is 42.7 Å². The van der Waals surface area contributed by atoms with Gasteiger partial charge in [-0.25, -0.2) is 4.39 Å². The number of benzene rings is 1. The topological polar surface area (TPSA) is 33.2 Å². The van der Waals surface area contributed by atoms with E-state index >= 15 is 0 Å². The van der Waals surface area contributed by atoms with E-state index in [0.29, 0.717) is 0 Å². The molecule has 0 saturated heterocycles. The van der Waals surface area contributed by atoms with Gasteiger partial charge in [-0.15, -0.1) is 0 Å². The van der Waals surface area contributed by atoms with Crippen molar-refractivity contribution in [2.45, 2.75) is 27.2 Å². The molecule has 2 aromatic rings. The Hall–Kier alpha value is -2.23. The first-order valence-corrected chi connectivity index (χ1v) is 7.50. The molecule has 0 saturated carbocycles. The van der Waals surface area contributed by atoms with E-state index in [0.717, 1.165) is 30.4 Å². The Morgan fingerprint density at radius 1 is 1.18 bits per heavy atom. The maximum Gasteiger partial charge on any atom is 0.142 e. The smallest absolute Gasteiger partial charge is 0.142 e. The summed E-state index contributed by atoms with van der Waals surface area (Å²) in [6.07, 6.45) is 4.73. The Bertz CT molecular complexity index is 614. The van der Waals surface area contributed by atoms with Crippen LogP contribution < -0.4 is 4.90 Å². The molecule has 0 radical (unpaired) electrons. The van der Waals surface area contributed by atoms with Crippen LogP contribution in [0.15, 0.2) is 36.7 Å². The highest BCUT2D eigenvalue weighted by Crippen LogP contribution is 2.31. The number of pyridine rings is 1. The van der Waals surface area contributed by atoms with Crippen molar-refractivity contribution in [1.82, 2.24) is 4.98 Å². The average Bonchev–Trinajstić information content (AvgIpc) is 2.91. The number of rotatable bonds is 1. The first-order chi connectivity index (χ1) is 10.7. The molecule has 1 aliphatic heterocycles. The first kappa shape index (κ1) is 17.8. The fourth-order valence-corrected chi connectivity index (χ4v) is 2.32. The molecule has 4 heteroatoms. The molecule has 2 heterocycles. The molecule has 118 valence electrons. The summed E-state index contributed by atoms with van der Waals surface area (Å²) in [6.45, 7) is 6.50. The number of carbonyl (C=O) groups excluding carboxylic acids is 1. The number of hydrogen-bond donors (Lipinski definition) is 0. The molecule has 0 fully saturated rings. The predicted molar refractivity (Wildman–Crippen MR) is 89.7 cm³/mol. The van der Waals surface area contributed by atoms with Crippen LogP contribution in [-0.2, 0) is 11.2 Å². The van der Waals surface area contributed by atoms with Gasteiger partial charge in [0.2, 0.25) is 0 Å². The lowest BCUT2D eigenvalue weighted by Crippen LogP contribution is -2.12. The summed E-state index contributed by atoms with van der Waals surface area (Å²) in [7, 11) is 2.09. The molecule has 0 atom stereocenters. The maximum atomic E-state index is 13.1. The Morgan fingerprint density at radius 2 is 1.86 bits per heavy atom. The van der Waals surface area contributed by atoms with E-state index in [1.165, 1.54) is 30.4 Å². The number of carbonyl (C=O) groups is 1. The van der Waals surface area contributed by atoms with Gasteiger partial charge in [0, 0.05) is 31.0 Å². The van der Waals surface area contributed by atoms with Crippen molar-refractivity contribution in [3.05, 3.63) is 48.0 Å². The van der Waals surface area contributed by atoms with Gasteiger partial charge < -0.3 is 9.69 Å². The highest BCUT2D eigenvalue weighted by atomic mass is 19.1. The predicted octanol–water partition coefficient (Wildman–Crippen LogP) is 4.11. The Labute approximate surface area is 131 Å².